The quantitative estimate of drug-likeness (QED) is 0.790. The van der Waals surface area contributed by atoms with Gasteiger partial charge < -0.3 is 10.6 Å². The van der Waals surface area contributed by atoms with Gasteiger partial charge in [0.2, 0.25) is 5.91 Å². The summed E-state index contributed by atoms with van der Waals surface area (Å²) in [6, 6.07) is 7.04. The van der Waals surface area contributed by atoms with Crippen LogP contribution in [0.15, 0.2) is 28.7 Å². The smallest absolute Gasteiger partial charge is 0.251 e. The third-order valence-electron chi connectivity index (χ3n) is 2.35. The molecule has 0 saturated heterocycles. The van der Waals surface area contributed by atoms with Gasteiger partial charge in [0.25, 0.3) is 5.91 Å². The van der Waals surface area contributed by atoms with Crippen molar-refractivity contribution in [1.82, 2.24) is 10.6 Å². The molecule has 1 aromatic rings. The van der Waals surface area contributed by atoms with Gasteiger partial charge in [0.15, 0.2) is 0 Å². The molecule has 0 aliphatic heterocycles. The summed E-state index contributed by atoms with van der Waals surface area (Å²) in [4.78, 5) is 23.1. The van der Waals surface area contributed by atoms with Crippen LogP contribution >= 0.6 is 15.9 Å². The van der Waals surface area contributed by atoms with Crippen molar-refractivity contribution in [2.24, 2.45) is 0 Å². The maximum atomic E-state index is 11.7. The molecule has 4 nitrogen and oxygen atoms in total. The Hall–Kier alpha value is -1.36. The lowest BCUT2D eigenvalue weighted by Gasteiger charge is -2.06. The van der Waals surface area contributed by atoms with E-state index in [0.29, 0.717) is 12.1 Å². The molecule has 18 heavy (non-hydrogen) atoms. The zero-order valence-corrected chi connectivity index (χ0v) is 11.9. The normalized spacial score (nSPS) is 9.89. The van der Waals surface area contributed by atoms with Gasteiger partial charge in [-0.1, -0.05) is 35.3 Å². The Kier molecular flexibility index (Phi) is 6.43. The number of rotatable bonds is 6. The molecule has 2 amide bonds. The van der Waals surface area contributed by atoms with Crippen LogP contribution in [-0.4, -0.2) is 24.9 Å². The summed E-state index contributed by atoms with van der Waals surface area (Å²) >= 11 is 3.29. The number of benzene rings is 1. The van der Waals surface area contributed by atoms with Crippen molar-refractivity contribution in [2.45, 2.75) is 19.8 Å². The zero-order chi connectivity index (χ0) is 13.4. The molecule has 0 aliphatic carbocycles. The fraction of sp³-hybridized carbons (Fsp3) is 0.385. The van der Waals surface area contributed by atoms with Crippen LogP contribution in [0.2, 0.25) is 0 Å². The second-order valence-corrected chi connectivity index (χ2v) is 4.81. The molecule has 98 valence electrons. The van der Waals surface area contributed by atoms with Gasteiger partial charge in [-0.3, -0.25) is 9.59 Å². The molecular weight excluding hydrogens is 296 g/mol. The summed E-state index contributed by atoms with van der Waals surface area (Å²) in [5.41, 5.74) is 0.533. The first-order valence-electron chi connectivity index (χ1n) is 5.94. The number of hydrogen-bond acceptors (Lipinski definition) is 2. The number of carbonyl (C=O) groups is 2. The molecule has 1 aromatic carbocycles. The van der Waals surface area contributed by atoms with E-state index in [1.54, 1.807) is 18.2 Å². The molecule has 0 heterocycles. The van der Waals surface area contributed by atoms with Crippen LogP contribution in [0.1, 0.15) is 30.1 Å². The van der Waals surface area contributed by atoms with Crippen LogP contribution in [0.4, 0.5) is 0 Å². The lowest BCUT2D eigenvalue weighted by molar-refractivity contribution is -0.120. The lowest BCUT2D eigenvalue weighted by atomic mass is 10.2. The standard InChI is InChI=1S/C13H17BrN2O2/c1-2-3-7-15-12(17)9-16-13(18)10-5-4-6-11(14)8-10/h4-6,8H,2-3,7,9H2,1H3,(H,15,17)(H,16,18). The van der Waals surface area contributed by atoms with E-state index in [2.05, 4.69) is 33.5 Å². The van der Waals surface area contributed by atoms with Crippen molar-refractivity contribution < 1.29 is 9.59 Å². The van der Waals surface area contributed by atoms with E-state index in [4.69, 9.17) is 0 Å². The highest BCUT2D eigenvalue weighted by Crippen LogP contribution is 2.11. The summed E-state index contributed by atoms with van der Waals surface area (Å²) in [5, 5.41) is 5.32. The lowest BCUT2D eigenvalue weighted by Crippen LogP contribution is -2.37. The average Bonchev–Trinajstić information content (AvgIpc) is 2.36. The highest BCUT2D eigenvalue weighted by Gasteiger charge is 2.07. The number of nitrogens with one attached hydrogen (secondary N) is 2. The number of carbonyl (C=O) groups excluding carboxylic acids is 2. The predicted molar refractivity (Wildman–Crippen MR) is 74.4 cm³/mol. The SMILES string of the molecule is CCCCNC(=O)CNC(=O)c1cccc(Br)c1. The number of unbranched alkanes of at least 4 members (excludes halogenated alkanes) is 1. The molecule has 0 aliphatic rings. The van der Waals surface area contributed by atoms with Gasteiger partial charge >= 0.3 is 0 Å². The van der Waals surface area contributed by atoms with E-state index in [9.17, 15) is 9.59 Å². The molecule has 1 rings (SSSR count). The first kappa shape index (κ1) is 14.7. The van der Waals surface area contributed by atoms with Crippen LogP contribution in [0.5, 0.6) is 0 Å². The van der Waals surface area contributed by atoms with Gasteiger partial charge in [-0.05, 0) is 24.6 Å². The fourth-order valence-corrected chi connectivity index (χ4v) is 1.76. The molecule has 2 N–H and O–H groups in total. The molecule has 0 aromatic heterocycles. The highest BCUT2D eigenvalue weighted by atomic mass is 79.9. The second-order valence-electron chi connectivity index (χ2n) is 3.90. The highest BCUT2D eigenvalue weighted by molar-refractivity contribution is 9.10. The van der Waals surface area contributed by atoms with Gasteiger partial charge in [0.1, 0.15) is 0 Å². The van der Waals surface area contributed by atoms with Crippen LogP contribution in [0, 0.1) is 0 Å². The topological polar surface area (TPSA) is 58.2 Å². The number of halogens is 1. The predicted octanol–water partition coefficient (Wildman–Crippen LogP) is 2.10. The fourth-order valence-electron chi connectivity index (χ4n) is 1.36. The van der Waals surface area contributed by atoms with Crippen LogP contribution in [0.25, 0.3) is 0 Å². The Morgan fingerprint density at radius 3 is 2.72 bits per heavy atom. The van der Waals surface area contributed by atoms with Crippen molar-refractivity contribution >= 4 is 27.7 Å². The third-order valence-corrected chi connectivity index (χ3v) is 2.84. The molecule has 0 bridgehead atoms. The average molecular weight is 313 g/mol. The Morgan fingerprint density at radius 2 is 2.06 bits per heavy atom. The Balaban J connectivity index is 2.35. The van der Waals surface area contributed by atoms with E-state index in [1.807, 2.05) is 6.07 Å². The summed E-state index contributed by atoms with van der Waals surface area (Å²) in [7, 11) is 0. The summed E-state index contributed by atoms with van der Waals surface area (Å²) < 4.78 is 0.836. The van der Waals surface area contributed by atoms with E-state index in [-0.39, 0.29) is 18.4 Å². The van der Waals surface area contributed by atoms with Gasteiger partial charge in [0.05, 0.1) is 6.54 Å². The van der Waals surface area contributed by atoms with Crippen LogP contribution < -0.4 is 10.6 Å². The first-order valence-corrected chi connectivity index (χ1v) is 6.73. The maximum Gasteiger partial charge on any atom is 0.251 e. The van der Waals surface area contributed by atoms with E-state index in [0.717, 1.165) is 17.3 Å². The van der Waals surface area contributed by atoms with Crippen LogP contribution in [0.3, 0.4) is 0 Å². The molecule has 0 atom stereocenters. The summed E-state index contributed by atoms with van der Waals surface area (Å²) in [5.74, 6) is -0.409. The molecule has 0 radical (unpaired) electrons. The van der Waals surface area contributed by atoms with Gasteiger partial charge in [-0.2, -0.15) is 0 Å². The van der Waals surface area contributed by atoms with Gasteiger partial charge in [-0.25, -0.2) is 0 Å². The first-order chi connectivity index (χ1) is 8.63. The molecule has 0 unspecified atom stereocenters. The zero-order valence-electron chi connectivity index (χ0n) is 10.3. The third kappa shape index (κ3) is 5.31. The molecular formula is C13H17BrN2O2. The van der Waals surface area contributed by atoms with E-state index in [1.165, 1.54) is 0 Å². The minimum atomic E-state index is -0.248. The molecule has 0 saturated carbocycles. The van der Waals surface area contributed by atoms with E-state index < -0.39 is 0 Å². The molecule has 5 heteroatoms. The van der Waals surface area contributed by atoms with E-state index >= 15 is 0 Å². The largest absolute Gasteiger partial charge is 0.355 e. The summed E-state index contributed by atoms with van der Waals surface area (Å²) in [6.45, 7) is 2.72. The van der Waals surface area contributed by atoms with Gasteiger partial charge in [0, 0.05) is 16.6 Å². The monoisotopic (exact) mass is 312 g/mol. The Bertz CT molecular complexity index is 421. The minimum absolute atomic E-state index is 0.00899. The van der Waals surface area contributed by atoms with Crippen molar-refractivity contribution in [3.05, 3.63) is 34.3 Å². The van der Waals surface area contributed by atoms with Crippen LogP contribution in [-0.2, 0) is 4.79 Å². The Morgan fingerprint density at radius 1 is 1.28 bits per heavy atom. The molecule has 0 fully saturated rings. The van der Waals surface area contributed by atoms with Crippen molar-refractivity contribution in [2.75, 3.05) is 13.1 Å². The van der Waals surface area contributed by atoms with Crippen molar-refractivity contribution in [3.8, 4) is 0 Å². The minimum Gasteiger partial charge on any atom is -0.355 e. The van der Waals surface area contributed by atoms with Gasteiger partial charge in [-0.15, -0.1) is 0 Å². The maximum absolute atomic E-state index is 11.7. The molecule has 0 spiro atoms. The number of amides is 2. The Labute approximate surface area is 115 Å². The number of hydrogen-bond donors (Lipinski definition) is 2. The second kappa shape index (κ2) is 7.87. The van der Waals surface area contributed by atoms with Crippen molar-refractivity contribution in [1.29, 1.82) is 0 Å². The van der Waals surface area contributed by atoms with Crippen molar-refractivity contribution in [3.63, 3.8) is 0 Å². The summed E-state index contributed by atoms with van der Waals surface area (Å²) in [6.07, 6.45) is 1.98.